The Balaban J connectivity index is 3.02. The maximum Gasteiger partial charge on any atom is 0.165 e. The van der Waals surface area contributed by atoms with Crippen molar-refractivity contribution in [1.29, 1.82) is 0 Å². The van der Waals surface area contributed by atoms with Gasteiger partial charge in [0.1, 0.15) is 5.60 Å². The zero-order valence-electron chi connectivity index (χ0n) is 8.87. The molecule has 0 heterocycles. The Morgan fingerprint density at radius 1 is 1.36 bits per heavy atom. The first kappa shape index (κ1) is 10.9. The molecule has 0 bridgehead atoms. The van der Waals surface area contributed by atoms with Gasteiger partial charge < -0.3 is 5.11 Å². The summed E-state index contributed by atoms with van der Waals surface area (Å²) in [5.41, 5.74) is 0.502. The molecule has 1 unspecified atom stereocenters. The number of carbonyl (C=O) groups is 1. The lowest BCUT2D eigenvalue weighted by atomic mass is 9.91. The maximum atomic E-state index is 11.2. The Labute approximate surface area is 84.6 Å². The van der Waals surface area contributed by atoms with Crippen LogP contribution in [0.25, 0.3) is 0 Å². The average molecular weight is 192 g/mol. The van der Waals surface area contributed by atoms with E-state index in [0.717, 1.165) is 6.42 Å². The summed E-state index contributed by atoms with van der Waals surface area (Å²) in [5, 5.41) is 9.88. The van der Waals surface area contributed by atoms with Gasteiger partial charge in [-0.3, -0.25) is 4.79 Å². The third-order valence-corrected chi connectivity index (χ3v) is 2.61. The summed E-state index contributed by atoms with van der Waals surface area (Å²) in [4.78, 5) is 11.2. The van der Waals surface area contributed by atoms with Crippen LogP contribution in [0.1, 0.15) is 31.9 Å². The van der Waals surface area contributed by atoms with Crippen molar-refractivity contribution in [3.8, 4) is 0 Å². The van der Waals surface area contributed by atoms with Crippen molar-refractivity contribution in [2.45, 2.75) is 32.8 Å². The molecule has 0 radical (unpaired) electrons. The molecule has 0 spiro atoms. The van der Waals surface area contributed by atoms with Crippen molar-refractivity contribution in [2.75, 3.05) is 0 Å². The van der Waals surface area contributed by atoms with E-state index in [1.165, 1.54) is 19.4 Å². The van der Waals surface area contributed by atoms with E-state index >= 15 is 0 Å². The molecule has 0 saturated heterocycles. The Morgan fingerprint density at radius 2 is 1.86 bits per heavy atom. The van der Waals surface area contributed by atoms with Crippen molar-refractivity contribution >= 4 is 5.78 Å². The van der Waals surface area contributed by atoms with Crippen LogP contribution in [0.4, 0.5) is 0 Å². The molecule has 1 aromatic rings. The van der Waals surface area contributed by atoms with E-state index in [1.54, 1.807) is 12.1 Å². The van der Waals surface area contributed by atoms with Crippen LogP contribution in [0.15, 0.2) is 24.3 Å². The van der Waals surface area contributed by atoms with Gasteiger partial charge in [0.15, 0.2) is 5.78 Å². The average Bonchev–Trinajstić information content (AvgIpc) is 2.17. The monoisotopic (exact) mass is 192 g/mol. The summed E-state index contributed by atoms with van der Waals surface area (Å²) in [6.45, 7) is 4.99. The van der Waals surface area contributed by atoms with Gasteiger partial charge in [-0.25, -0.2) is 0 Å². The number of hydrogen-bond acceptors (Lipinski definition) is 2. The van der Waals surface area contributed by atoms with Crippen LogP contribution in [0.5, 0.6) is 0 Å². The second-order valence-electron chi connectivity index (χ2n) is 3.68. The number of carbonyl (C=O) groups excluding carboxylic acids is 1. The molecule has 0 saturated carbocycles. The number of benzene rings is 1. The smallest absolute Gasteiger partial charge is 0.165 e. The van der Waals surface area contributed by atoms with Gasteiger partial charge in [-0.05, 0) is 31.4 Å². The van der Waals surface area contributed by atoms with Crippen LogP contribution in [-0.4, -0.2) is 10.9 Å². The molecule has 0 aliphatic rings. The fourth-order valence-corrected chi connectivity index (χ4v) is 1.27. The predicted molar refractivity (Wildman–Crippen MR) is 56.1 cm³/mol. The fraction of sp³-hybridized carbons (Fsp3) is 0.417. The summed E-state index contributed by atoms with van der Waals surface area (Å²) >= 11 is 0. The highest BCUT2D eigenvalue weighted by atomic mass is 16.3. The molecular weight excluding hydrogens is 176 g/mol. The lowest BCUT2D eigenvalue weighted by molar-refractivity contribution is -0.134. The minimum Gasteiger partial charge on any atom is -0.378 e. The van der Waals surface area contributed by atoms with Gasteiger partial charge in [0, 0.05) is 0 Å². The molecule has 0 aliphatic carbocycles. The minimum atomic E-state index is -1.35. The second kappa shape index (κ2) is 3.93. The van der Waals surface area contributed by atoms with E-state index in [1.807, 2.05) is 12.1 Å². The molecule has 0 aromatic heterocycles. The Bertz CT molecular complexity index is 323. The van der Waals surface area contributed by atoms with E-state index in [-0.39, 0.29) is 5.78 Å². The molecule has 2 heteroatoms. The fourth-order valence-electron chi connectivity index (χ4n) is 1.27. The number of ketones is 1. The molecule has 1 aromatic carbocycles. The van der Waals surface area contributed by atoms with Gasteiger partial charge in [0.2, 0.25) is 0 Å². The van der Waals surface area contributed by atoms with Gasteiger partial charge in [-0.2, -0.15) is 0 Å². The van der Waals surface area contributed by atoms with E-state index in [4.69, 9.17) is 0 Å². The Morgan fingerprint density at radius 3 is 2.21 bits per heavy atom. The first-order chi connectivity index (χ1) is 6.48. The van der Waals surface area contributed by atoms with E-state index in [2.05, 4.69) is 6.92 Å². The first-order valence-corrected chi connectivity index (χ1v) is 4.81. The van der Waals surface area contributed by atoms with Gasteiger partial charge in [-0.1, -0.05) is 31.2 Å². The third-order valence-electron chi connectivity index (χ3n) is 2.61. The van der Waals surface area contributed by atoms with Gasteiger partial charge >= 0.3 is 0 Å². The summed E-state index contributed by atoms with van der Waals surface area (Å²) in [6.07, 6.45) is 0.961. The van der Waals surface area contributed by atoms with Crippen LogP contribution >= 0.6 is 0 Å². The first-order valence-electron chi connectivity index (χ1n) is 4.81. The summed E-state index contributed by atoms with van der Waals surface area (Å²) in [6, 6.07) is 7.49. The minimum absolute atomic E-state index is 0.234. The van der Waals surface area contributed by atoms with Crippen molar-refractivity contribution in [2.24, 2.45) is 0 Å². The van der Waals surface area contributed by atoms with Crippen LogP contribution < -0.4 is 0 Å². The van der Waals surface area contributed by atoms with Gasteiger partial charge in [0.05, 0.1) is 0 Å². The summed E-state index contributed by atoms with van der Waals surface area (Å²) in [5.74, 6) is -0.234. The molecule has 1 N–H and O–H groups in total. The molecule has 14 heavy (non-hydrogen) atoms. The summed E-state index contributed by atoms with van der Waals surface area (Å²) in [7, 11) is 0. The number of hydrogen-bond donors (Lipinski definition) is 1. The topological polar surface area (TPSA) is 37.3 Å². The molecule has 1 rings (SSSR count). The molecule has 76 valence electrons. The maximum absolute atomic E-state index is 11.2. The van der Waals surface area contributed by atoms with Crippen LogP contribution in [0.3, 0.4) is 0 Å². The van der Waals surface area contributed by atoms with E-state index < -0.39 is 5.60 Å². The van der Waals surface area contributed by atoms with Crippen molar-refractivity contribution in [3.63, 3.8) is 0 Å². The number of aliphatic hydroxyl groups is 1. The zero-order valence-corrected chi connectivity index (χ0v) is 8.87. The zero-order chi connectivity index (χ0) is 10.8. The SMILES string of the molecule is CCc1ccc(C(C)(O)C(C)=O)cc1. The lowest BCUT2D eigenvalue weighted by Gasteiger charge is -2.20. The summed E-state index contributed by atoms with van der Waals surface area (Å²) < 4.78 is 0. The van der Waals surface area contributed by atoms with Crippen LogP contribution in [0, 0.1) is 0 Å². The Hall–Kier alpha value is -1.15. The van der Waals surface area contributed by atoms with Crippen molar-refractivity contribution in [3.05, 3.63) is 35.4 Å². The van der Waals surface area contributed by atoms with Gasteiger partial charge in [-0.15, -0.1) is 0 Å². The number of aryl methyl sites for hydroxylation is 1. The van der Waals surface area contributed by atoms with Crippen LogP contribution in [-0.2, 0) is 16.8 Å². The molecule has 1 atom stereocenters. The normalized spacial score (nSPS) is 14.9. The molecular formula is C12H16O2. The van der Waals surface area contributed by atoms with Gasteiger partial charge in [0.25, 0.3) is 0 Å². The number of rotatable bonds is 3. The van der Waals surface area contributed by atoms with E-state index in [0.29, 0.717) is 5.56 Å². The highest BCUT2D eigenvalue weighted by Crippen LogP contribution is 2.21. The van der Waals surface area contributed by atoms with E-state index in [9.17, 15) is 9.90 Å². The highest BCUT2D eigenvalue weighted by molar-refractivity contribution is 5.85. The Kier molecular flexibility index (Phi) is 3.06. The molecule has 2 nitrogen and oxygen atoms in total. The molecule has 0 aliphatic heterocycles. The quantitative estimate of drug-likeness (QED) is 0.795. The predicted octanol–water partition coefficient (Wildman–Crippen LogP) is 2.05. The molecule has 0 amide bonds. The largest absolute Gasteiger partial charge is 0.378 e. The standard InChI is InChI=1S/C12H16O2/c1-4-10-5-7-11(8-6-10)12(3,14)9(2)13/h5-8,14H,4H2,1-3H3. The van der Waals surface area contributed by atoms with Crippen molar-refractivity contribution < 1.29 is 9.90 Å². The highest BCUT2D eigenvalue weighted by Gasteiger charge is 2.28. The van der Waals surface area contributed by atoms with Crippen LogP contribution in [0.2, 0.25) is 0 Å². The molecule has 0 fully saturated rings. The second-order valence-corrected chi connectivity index (χ2v) is 3.68. The third kappa shape index (κ3) is 2.02. The number of Topliss-reactive ketones (excluding diaryl/α,β-unsaturated/α-hetero) is 1. The van der Waals surface area contributed by atoms with Crippen molar-refractivity contribution in [1.82, 2.24) is 0 Å². The lowest BCUT2D eigenvalue weighted by Crippen LogP contribution is -2.29.